The van der Waals surface area contributed by atoms with Gasteiger partial charge >= 0.3 is 0 Å². The smallest absolute Gasteiger partial charge is 0.213 e. The Kier molecular flexibility index (Phi) is 4.34. The Hall–Kier alpha value is -1.13. The van der Waals surface area contributed by atoms with Gasteiger partial charge in [0, 0.05) is 25.8 Å². The number of nitrogens with zero attached hydrogens (tertiary/aromatic N) is 2. The molecule has 1 saturated heterocycles. The summed E-state index contributed by atoms with van der Waals surface area (Å²) in [5, 5.41) is 9.19. The fourth-order valence-electron chi connectivity index (χ4n) is 2.33. The summed E-state index contributed by atoms with van der Waals surface area (Å²) < 4.78 is 5.12. The van der Waals surface area contributed by atoms with Gasteiger partial charge in [0.15, 0.2) is 0 Å². The van der Waals surface area contributed by atoms with Gasteiger partial charge in [-0.15, -0.1) is 0 Å². The van der Waals surface area contributed by atoms with Crippen LogP contribution in [-0.2, 0) is 6.54 Å². The number of aliphatic hydroxyl groups excluding tert-OH is 1. The van der Waals surface area contributed by atoms with Crippen LogP contribution >= 0.6 is 0 Å². The van der Waals surface area contributed by atoms with E-state index in [4.69, 9.17) is 4.74 Å². The molecule has 4 nitrogen and oxygen atoms in total. The number of piperidine rings is 1. The standard InChI is InChI=1S/C13H20N2O2/c1-17-13-6-2-5-12(14-13)9-15-7-3-4-11(8-15)10-16/h2,5-6,11,16H,3-4,7-10H2,1H3. The molecule has 1 aliphatic heterocycles. The molecule has 1 unspecified atom stereocenters. The van der Waals surface area contributed by atoms with Crippen molar-refractivity contribution in [2.45, 2.75) is 19.4 Å². The number of methoxy groups -OCH3 is 1. The number of likely N-dealkylation sites (tertiary alicyclic amines) is 1. The van der Waals surface area contributed by atoms with Crippen LogP contribution in [0.1, 0.15) is 18.5 Å². The third-order valence-corrected chi connectivity index (χ3v) is 3.24. The van der Waals surface area contributed by atoms with E-state index < -0.39 is 0 Å². The number of pyridine rings is 1. The van der Waals surface area contributed by atoms with Crippen LogP contribution in [-0.4, -0.2) is 41.8 Å². The van der Waals surface area contributed by atoms with Crippen LogP contribution in [0.3, 0.4) is 0 Å². The molecule has 17 heavy (non-hydrogen) atoms. The second-order valence-electron chi connectivity index (χ2n) is 4.60. The second-order valence-corrected chi connectivity index (χ2v) is 4.60. The van der Waals surface area contributed by atoms with E-state index >= 15 is 0 Å². The average Bonchev–Trinajstić information content (AvgIpc) is 2.39. The van der Waals surface area contributed by atoms with E-state index in [9.17, 15) is 5.11 Å². The summed E-state index contributed by atoms with van der Waals surface area (Å²) in [5.74, 6) is 1.09. The lowest BCUT2D eigenvalue weighted by Crippen LogP contribution is -2.36. The molecule has 1 N–H and O–H groups in total. The number of hydrogen-bond acceptors (Lipinski definition) is 4. The second kappa shape index (κ2) is 5.98. The van der Waals surface area contributed by atoms with E-state index in [2.05, 4.69) is 9.88 Å². The topological polar surface area (TPSA) is 45.6 Å². The molecule has 1 atom stereocenters. The summed E-state index contributed by atoms with van der Waals surface area (Å²) in [5.41, 5.74) is 1.03. The van der Waals surface area contributed by atoms with Gasteiger partial charge in [-0.2, -0.15) is 0 Å². The molecule has 0 aromatic carbocycles. The largest absolute Gasteiger partial charge is 0.481 e. The van der Waals surface area contributed by atoms with Gasteiger partial charge in [-0.3, -0.25) is 4.90 Å². The van der Waals surface area contributed by atoms with Gasteiger partial charge in [0.1, 0.15) is 0 Å². The minimum absolute atomic E-state index is 0.294. The molecule has 2 rings (SSSR count). The van der Waals surface area contributed by atoms with Crippen LogP contribution in [0.5, 0.6) is 5.88 Å². The van der Waals surface area contributed by atoms with Gasteiger partial charge in [-0.05, 0) is 31.4 Å². The highest BCUT2D eigenvalue weighted by atomic mass is 16.5. The third kappa shape index (κ3) is 3.41. The maximum atomic E-state index is 9.19. The maximum Gasteiger partial charge on any atom is 0.213 e. The lowest BCUT2D eigenvalue weighted by Gasteiger charge is -2.31. The molecular formula is C13H20N2O2. The molecule has 1 aromatic rings. The quantitative estimate of drug-likeness (QED) is 0.855. The summed E-state index contributed by atoms with van der Waals surface area (Å²) in [4.78, 5) is 6.76. The predicted octanol–water partition coefficient (Wildman–Crippen LogP) is 1.29. The number of rotatable bonds is 4. The zero-order valence-corrected chi connectivity index (χ0v) is 10.3. The Morgan fingerprint density at radius 1 is 1.53 bits per heavy atom. The van der Waals surface area contributed by atoms with Crippen LogP contribution in [0.15, 0.2) is 18.2 Å². The lowest BCUT2D eigenvalue weighted by molar-refractivity contribution is 0.115. The first-order valence-corrected chi connectivity index (χ1v) is 6.15. The molecule has 1 aromatic heterocycles. The lowest BCUT2D eigenvalue weighted by atomic mass is 9.99. The molecule has 1 aliphatic rings. The zero-order chi connectivity index (χ0) is 12.1. The first-order chi connectivity index (χ1) is 8.31. The van der Waals surface area contributed by atoms with E-state index in [0.29, 0.717) is 18.4 Å². The highest BCUT2D eigenvalue weighted by molar-refractivity contribution is 5.15. The van der Waals surface area contributed by atoms with Crippen molar-refractivity contribution in [2.75, 3.05) is 26.8 Å². The van der Waals surface area contributed by atoms with Gasteiger partial charge in [-0.1, -0.05) is 6.07 Å². The number of aromatic nitrogens is 1. The summed E-state index contributed by atoms with van der Waals surface area (Å²) in [7, 11) is 1.63. The molecule has 0 bridgehead atoms. The average molecular weight is 236 g/mol. The molecule has 2 heterocycles. The highest BCUT2D eigenvalue weighted by Gasteiger charge is 2.19. The Morgan fingerprint density at radius 2 is 2.41 bits per heavy atom. The molecular weight excluding hydrogens is 216 g/mol. The normalized spacial score (nSPS) is 21.4. The third-order valence-electron chi connectivity index (χ3n) is 3.24. The molecule has 0 saturated carbocycles. The van der Waals surface area contributed by atoms with Crippen LogP contribution in [0.2, 0.25) is 0 Å². The molecule has 0 radical (unpaired) electrons. The van der Waals surface area contributed by atoms with E-state index in [-0.39, 0.29) is 0 Å². The highest BCUT2D eigenvalue weighted by Crippen LogP contribution is 2.18. The van der Waals surface area contributed by atoms with Crippen molar-refractivity contribution in [2.24, 2.45) is 5.92 Å². The Morgan fingerprint density at radius 3 is 3.18 bits per heavy atom. The van der Waals surface area contributed by atoms with Crippen molar-refractivity contribution in [1.82, 2.24) is 9.88 Å². The van der Waals surface area contributed by atoms with Gasteiger partial charge in [0.25, 0.3) is 0 Å². The maximum absolute atomic E-state index is 9.19. The Bertz CT molecular complexity index is 357. The van der Waals surface area contributed by atoms with E-state index in [1.807, 2.05) is 18.2 Å². The van der Waals surface area contributed by atoms with Crippen LogP contribution in [0.25, 0.3) is 0 Å². The predicted molar refractivity (Wildman–Crippen MR) is 65.9 cm³/mol. The van der Waals surface area contributed by atoms with Gasteiger partial charge in [0.2, 0.25) is 5.88 Å². The van der Waals surface area contributed by atoms with Gasteiger partial charge in [-0.25, -0.2) is 4.98 Å². The Balaban J connectivity index is 1.95. The number of aliphatic hydroxyl groups is 1. The first kappa shape index (κ1) is 12.3. The minimum atomic E-state index is 0.294. The van der Waals surface area contributed by atoms with Crippen LogP contribution in [0.4, 0.5) is 0 Å². The monoisotopic (exact) mass is 236 g/mol. The molecule has 0 amide bonds. The number of ether oxygens (including phenoxy) is 1. The molecule has 1 fully saturated rings. The fourth-order valence-corrected chi connectivity index (χ4v) is 2.33. The van der Waals surface area contributed by atoms with E-state index in [1.54, 1.807) is 7.11 Å². The van der Waals surface area contributed by atoms with Crippen LogP contribution in [0, 0.1) is 5.92 Å². The zero-order valence-electron chi connectivity index (χ0n) is 10.3. The minimum Gasteiger partial charge on any atom is -0.481 e. The van der Waals surface area contributed by atoms with E-state index in [0.717, 1.165) is 38.2 Å². The molecule has 94 valence electrons. The summed E-state index contributed by atoms with van der Waals surface area (Å²) >= 11 is 0. The van der Waals surface area contributed by atoms with Crippen LogP contribution < -0.4 is 4.74 Å². The fraction of sp³-hybridized carbons (Fsp3) is 0.615. The summed E-state index contributed by atoms with van der Waals surface area (Å²) in [6.45, 7) is 3.19. The Labute approximate surface area is 102 Å². The molecule has 0 aliphatic carbocycles. The van der Waals surface area contributed by atoms with Crippen molar-refractivity contribution in [3.63, 3.8) is 0 Å². The van der Waals surface area contributed by atoms with Gasteiger partial charge in [0.05, 0.1) is 12.8 Å². The van der Waals surface area contributed by atoms with Crippen molar-refractivity contribution in [3.05, 3.63) is 23.9 Å². The summed E-state index contributed by atoms with van der Waals surface area (Å²) in [6, 6.07) is 5.84. The van der Waals surface area contributed by atoms with Crippen molar-refractivity contribution in [3.8, 4) is 5.88 Å². The summed E-state index contributed by atoms with van der Waals surface area (Å²) in [6.07, 6.45) is 2.30. The SMILES string of the molecule is COc1cccc(CN2CCCC(CO)C2)n1. The molecule has 0 spiro atoms. The van der Waals surface area contributed by atoms with Crippen molar-refractivity contribution in [1.29, 1.82) is 0 Å². The van der Waals surface area contributed by atoms with Gasteiger partial charge < -0.3 is 9.84 Å². The first-order valence-electron chi connectivity index (χ1n) is 6.15. The molecule has 4 heteroatoms. The van der Waals surface area contributed by atoms with Crippen molar-refractivity contribution >= 4 is 0 Å². The van der Waals surface area contributed by atoms with Crippen molar-refractivity contribution < 1.29 is 9.84 Å². The van der Waals surface area contributed by atoms with E-state index in [1.165, 1.54) is 0 Å². The number of hydrogen-bond donors (Lipinski definition) is 1.